The molecule has 170 valence electrons. The first-order chi connectivity index (χ1) is 15.7. The van der Waals surface area contributed by atoms with E-state index in [1.54, 1.807) is 7.11 Å². The maximum absolute atomic E-state index is 13.1. The molecular formula is C25H31N3O4. The van der Waals surface area contributed by atoms with E-state index in [1.807, 2.05) is 29.2 Å². The Hall–Kier alpha value is -3.09. The molecular weight excluding hydrogens is 406 g/mol. The van der Waals surface area contributed by atoms with Crippen molar-refractivity contribution in [3.63, 3.8) is 0 Å². The number of hydrogen-bond donors (Lipinski definition) is 1. The fourth-order valence-electron chi connectivity index (χ4n) is 4.96. The molecule has 2 aromatic rings. The number of likely N-dealkylation sites (tertiary alicyclic amines) is 1. The van der Waals surface area contributed by atoms with Crippen molar-refractivity contribution in [3.8, 4) is 17.2 Å². The summed E-state index contributed by atoms with van der Waals surface area (Å²) < 4.78 is 16.6. The van der Waals surface area contributed by atoms with Gasteiger partial charge in [-0.3, -0.25) is 0 Å². The predicted octanol–water partition coefficient (Wildman–Crippen LogP) is 3.98. The number of hydrogen-bond acceptors (Lipinski definition) is 5. The van der Waals surface area contributed by atoms with Gasteiger partial charge in [-0.2, -0.15) is 0 Å². The van der Waals surface area contributed by atoms with E-state index >= 15 is 0 Å². The van der Waals surface area contributed by atoms with Crippen LogP contribution in [0, 0.1) is 0 Å². The number of methoxy groups -OCH3 is 1. The van der Waals surface area contributed by atoms with Crippen LogP contribution < -0.4 is 24.4 Å². The fraction of sp³-hybridized carbons (Fsp3) is 0.480. The number of benzene rings is 2. The Morgan fingerprint density at radius 2 is 1.72 bits per heavy atom. The topological polar surface area (TPSA) is 63.3 Å². The van der Waals surface area contributed by atoms with Crippen LogP contribution in [0.4, 0.5) is 10.5 Å². The van der Waals surface area contributed by atoms with Crippen LogP contribution in [-0.2, 0) is 0 Å². The molecule has 2 aromatic carbocycles. The van der Waals surface area contributed by atoms with Crippen LogP contribution in [0.1, 0.15) is 37.3 Å². The summed E-state index contributed by atoms with van der Waals surface area (Å²) in [5, 5.41) is 3.30. The number of carbonyl (C=O) groups is 1. The summed E-state index contributed by atoms with van der Waals surface area (Å²) in [4.78, 5) is 17.5. The molecule has 0 aromatic heterocycles. The minimum atomic E-state index is 0.0466. The number of nitrogens with one attached hydrogen (secondary N) is 1. The van der Waals surface area contributed by atoms with Crippen molar-refractivity contribution in [2.45, 2.75) is 37.8 Å². The quantitative estimate of drug-likeness (QED) is 0.784. The summed E-state index contributed by atoms with van der Waals surface area (Å²) >= 11 is 0. The average Bonchev–Trinajstić information content (AvgIpc) is 3.35. The number of piperidine rings is 1. The van der Waals surface area contributed by atoms with Crippen molar-refractivity contribution >= 4 is 11.7 Å². The minimum absolute atomic E-state index is 0.0466. The van der Waals surface area contributed by atoms with Crippen molar-refractivity contribution in [2.24, 2.45) is 0 Å². The monoisotopic (exact) mass is 437 g/mol. The van der Waals surface area contributed by atoms with Crippen LogP contribution in [0.5, 0.6) is 17.2 Å². The Bertz CT molecular complexity index is 941. The third-order valence-corrected chi connectivity index (χ3v) is 6.72. The maximum atomic E-state index is 13.1. The van der Waals surface area contributed by atoms with Crippen molar-refractivity contribution in [1.82, 2.24) is 10.2 Å². The van der Waals surface area contributed by atoms with E-state index < -0.39 is 0 Å². The fourth-order valence-corrected chi connectivity index (χ4v) is 4.96. The predicted molar refractivity (Wildman–Crippen MR) is 123 cm³/mol. The number of carbonyl (C=O) groups excluding carboxylic acids is 1. The Kier molecular flexibility index (Phi) is 5.97. The molecule has 0 saturated carbocycles. The summed E-state index contributed by atoms with van der Waals surface area (Å²) in [5.74, 6) is 2.44. The molecule has 7 nitrogen and oxygen atoms in total. The van der Waals surface area contributed by atoms with Crippen LogP contribution in [0.25, 0.3) is 0 Å². The normalized spacial score (nSPS) is 20.8. The van der Waals surface area contributed by atoms with Gasteiger partial charge >= 0.3 is 6.03 Å². The van der Waals surface area contributed by atoms with Gasteiger partial charge in [0.25, 0.3) is 0 Å². The zero-order chi connectivity index (χ0) is 21.9. The van der Waals surface area contributed by atoms with E-state index in [2.05, 4.69) is 28.4 Å². The molecule has 1 N–H and O–H groups in total. The number of nitrogens with zero attached hydrogens (tertiary/aromatic N) is 2. The van der Waals surface area contributed by atoms with Crippen LogP contribution in [0.3, 0.4) is 0 Å². The van der Waals surface area contributed by atoms with Crippen LogP contribution in [0.2, 0.25) is 0 Å². The Labute approximate surface area is 189 Å². The SMILES string of the molecule is COc1ccc(N2CCC(NC(=O)N3CCCC3c3ccc4c(c3)OCCO4)CC2)cc1. The molecule has 1 unspecified atom stereocenters. The van der Waals surface area contributed by atoms with Crippen LogP contribution >= 0.6 is 0 Å². The summed E-state index contributed by atoms with van der Waals surface area (Å²) in [5.41, 5.74) is 2.32. The van der Waals surface area contributed by atoms with Gasteiger partial charge in [-0.05, 0) is 67.6 Å². The molecule has 32 heavy (non-hydrogen) atoms. The molecule has 7 heteroatoms. The number of anilines is 1. The van der Waals surface area contributed by atoms with Gasteiger partial charge in [0.15, 0.2) is 11.5 Å². The molecule has 0 radical (unpaired) electrons. The summed E-state index contributed by atoms with van der Waals surface area (Å²) in [6.07, 6.45) is 3.88. The average molecular weight is 438 g/mol. The standard InChI is InChI=1S/C25H31N3O4/c1-30-21-7-5-20(6-8-21)27-13-10-19(11-14-27)26-25(29)28-12-2-3-22(28)18-4-9-23-24(17-18)32-16-15-31-23/h4-9,17,19,22H,2-3,10-16H2,1H3,(H,26,29). The second kappa shape index (κ2) is 9.18. The van der Waals surface area contributed by atoms with Gasteiger partial charge < -0.3 is 29.3 Å². The first-order valence-corrected chi connectivity index (χ1v) is 11.6. The van der Waals surface area contributed by atoms with Crippen molar-refractivity contribution < 1.29 is 19.0 Å². The molecule has 2 amide bonds. The van der Waals surface area contributed by atoms with E-state index in [4.69, 9.17) is 14.2 Å². The second-order valence-corrected chi connectivity index (χ2v) is 8.66. The molecule has 5 rings (SSSR count). The van der Waals surface area contributed by atoms with E-state index in [9.17, 15) is 4.79 Å². The lowest BCUT2D eigenvalue weighted by Gasteiger charge is -2.35. The highest BCUT2D eigenvalue weighted by Crippen LogP contribution is 2.38. The lowest BCUT2D eigenvalue weighted by atomic mass is 10.0. The lowest BCUT2D eigenvalue weighted by molar-refractivity contribution is 0.170. The largest absolute Gasteiger partial charge is 0.497 e. The molecule has 3 aliphatic heterocycles. The first-order valence-electron chi connectivity index (χ1n) is 11.6. The van der Waals surface area contributed by atoms with E-state index in [0.717, 1.165) is 68.1 Å². The summed E-state index contributed by atoms with van der Waals surface area (Å²) in [6, 6.07) is 14.6. The molecule has 1 atom stereocenters. The molecule has 0 spiro atoms. The van der Waals surface area contributed by atoms with E-state index in [0.29, 0.717) is 13.2 Å². The first kappa shape index (κ1) is 20.8. The van der Waals surface area contributed by atoms with Gasteiger partial charge in [0.05, 0.1) is 13.2 Å². The van der Waals surface area contributed by atoms with Crippen LogP contribution in [-0.4, -0.2) is 56.9 Å². The zero-order valence-corrected chi connectivity index (χ0v) is 18.6. The number of fused-ring (bicyclic) bond motifs is 1. The zero-order valence-electron chi connectivity index (χ0n) is 18.6. The molecule has 2 saturated heterocycles. The van der Waals surface area contributed by atoms with Gasteiger partial charge in [-0.25, -0.2) is 4.79 Å². The minimum Gasteiger partial charge on any atom is -0.497 e. The van der Waals surface area contributed by atoms with Gasteiger partial charge in [0.2, 0.25) is 0 Å². The number of urea groups is 1. The van der Waals surface area contributed by atoms with Crippen LogP contribution in [0.15, 0.2) is 42.5 Å². The molecule has 2 fully saturated rings. The highest BCUT2D eigenvalue weighted by molar-refractivity contribution is 5.75. The van der Waals surface area contributed by atoms with Gasteiger partial charge in [0, 0.05) is 31.4 Å². The summed E-state index contributed by atoms with van der Waals surface area (Å²) in [7, 11) is 1.68. The Morgan fingerprint density at radius 1 is 0.969 bits per heavy atom. The number of amides is 2. The Morgan fingerprint density at radius 3 is 2.47 bits per heavy atom. The van der Waals surface area contributed by atoms with Crippen molar-refractivity contribution in [1.29, 1.82) is 0 Å². The third kappa shape index (κ3) is 4.29. The third-order valence-electron chi connectivity index (χ3n) is 6.72. The Balaban J connectivity index is 1.18. The van der Waals surface area contributed by atoms with Gasteiger partial charge in [0.1, 0.15) is 19.0 Å². The van der Waals surface area contributed by atoms with Crippen molar-refractivity contribution in [2.75, 3.05) is 44.9 Å². The highest BCUT2D eigenvalue weighted by Gasteiger charge is 2.32. The molecule has 3 aliphatic rings. The van der Waals surface area contributed by atoms with E-state index in [1.165, 1.54) is 5.69 Å². The van der Waals surface area contributed by atoms with Gasteiger partial charge in [-0.1, -0.05) is 6.07 Å². The molecule has 0 aliphatic carbocycles. The van der Waals surface area contributed by atoms with E-state index in [-0.39, 0.29) is 18.1 Å². The maximum Gasteiger partial charge on any atom is 0.318 e. The van der Waals surface area contributed by atoms with Crippen molar-refractivity contribution in [3.05, 3.63) is 48.0 Å². The molecule has 3 heterocycles. The second-order valence-electron chi connectivity index (χ2n) is 8.66. The smallest absolute Gasteiger partial charge is 0.318 e. The number of ether oxygens (including phenoxy) is 3. The number of rotatable bonds is 4. The highest BCUT2D eigenvalue weighted by atomic mass is 16.6. The molecule has 0 bridgehead atoms. The summed E-state index contributed by atoms with van der Waals surface area (Å²) in [6.45, 7) is 3.81. The lowest BCUT2D eigenvalue weighted by Crippen LogP contribution is -2.49. The van der Waals surface area contributed by atoms with Gasteiger partial charge in [-0.15, -0.1) is 0 Å².